The Labute approximate surface area is 166 Å². The molecule has 0 spiro atoms. The molecular weight excluding hydrogens is 364 g/mol. The first-order valence-corrected chi connectivity index (χ1v) is 10.3. The second-order valence-electron chi connectivity index (χ2n) is 7.59. The summed E-state index contributed by atoms with van der Waals surface area (Å²) in [6, 6.07) is 0. The van der Waals surface area contributed by atoms with Gasteiger partial charge in [0.2, 0.25) is 11.8 Å². The molecule has 27 heavy (non-hydrogen) atoms. The largest absolute Gasteiger partial charge is 0.342 e. The summed E-state index contributed by atoms with van der Waals surface area (Å²) in [4.78, 5) is 29.1. The number of hydrogen-bond acceptors (Lipinski definition) is 3. The molecule has 3 heterocycles. The number of nitrogens with zero attached hydrogens (tertiary/aromatic N) is 4. The Hall–Kier alpha value is -1.82. The van der Waals surface area contributed by atoms with Gasteiger partial charge >= 0.3 is 0 Å². The van der Waals surface area contributed by atoms with E-state index in [1.54, 1.807) is 23.9 Å². The molecule has 0 saturated carbocycles. The van der Waals surface area contributed by atoms with Crippen LogP contribution < -0.4 is 0 Å². The molecule has 7 heteroatoms. The SMILES string of the molecule is Cc1nn(C)c(Cl)c1/C=C/C(=O)N1CCC(C(=O)N2CCCCCC2)CC1. The molecule has 2 amide bonds. The Balaban J connectivity index is 1.53. The summed E-state index contributed by atoms with van der Waals surface area (Å²) >= 11 is 6.20. The van der Waals surface area contributed by atoms with Crippen molar-refractivity contribution in [3.05, 3.63) is 22.5 Å². The minimum absolute atomic E-state index is 0.0324. The van der Waals surface area contributed by atoms with Crippen LogP contribution in [0.3, 0.4) is 0 Å². The van der Waals surface area contributed by atoms with E-state index in [0.717, 1.165) is 50.0 Å². The first-order valence-electron chi connectivity index (χ1n) is 9.92. The molecule has 2 aliphatic rings. The van der Waals surface area contributed by atoms with Gasteiger partial charge in [0.05, 0.1) is 5.69 Å². The van der Waals surface area contributed by atoms with E-state index in [9.17, 15) is 9.59 Å². The Bertz CT molecular complexity index is 712. The van der Waals surface area contributed by atoms with Gasteiger partial charge in [-0.25, -0.2) is 0 Å². The Morgan fingerprint density at radius 2 is 1.67 bits per heavy atom. The van der Waals surface area contributed by atoms with Crippen LogP contribution in [0.25, 0.3) is 6.08 Å². The standard InChI is InChI=1S/C20H29ClN4O2/c1-15-17(19(21)23(2)22-15)7-8-18(26)24-13-9-16(10-14-24)20(27)25-11-5-3-4-6-12-25/h7-8,16H,3-6,9-14H2,1-2H3/b8-7+. The lowest BCUT2D eigenvalue weighted by Gasteiger charge is -2.33. The summed E-state index contributed by atoms with van der Waals surface area (Å²) in [6.07, 6.45) is 9.48. The molecule has 1 aromatic heterocycles. The van der Waals surface area contributed by atoms with E-state index in [1.165, 1.54) is 12.8 Å². The van der Waals surface area contributed by atoms with Gasteiger partial charge in [0.15, 0.2) is 0 Å². The van der Waals surface area contributed by atoms with Gasteiger partial charge in [-0.2, -0.15) is 5.10 Å². The monoisotopic (exact) mass is 392 g/mol. The highest BCUT2D eigenvalue weighted by Gasteiger charge is 2.29. The number of aryl methyl sites for hydroxylation is 2. The van der Waals surface area contributed by atoms with Crippen LogP contribution >= 0.6 is 11.6 Å². The molecule has 2 aliphatic heterocycles. The normalized spacial score (nSPS) is 19.5. The third-order valence-electron chi connectivity index (χ3n) is 5.66. The molecule has 2 saturated heterocycles. The van der Waals surface area contributed by atoms with Crippen molar-refractivity contribution in [1.29, 1.82) is 0 Å². The minimum atomic E-state index is -0.0324. The molecule has 148 valence electrons. The van der Waals surface area contributed by atoms with Crippen LogP contribution in [0.15, 0.2) is 6.08 Å². The number of carbonyl (C=O) groups is 2. The number of amides is 2. The first kappa shape index (κ1) is 19.9. The molecule has 0 aliphatic carbocycles. The maximum atomic E-state index is 12.8. The topological polar surface area (TPSA) is 58.4 Å². The smallest absolute Gasteiger partial charge is 0.246 e. The van der Waals surface area contributed by atoms with Gasteiger partial charge < -0.3 is 9.80 Å². The van der Waals surface area contributed by atoms with Crippen molar-refractivity contribution in [2.24, 2.45) is 13.0 Å². The average Bonchev–Trinajstić information content (AvgIpc) is 2.88. The highest BCUT2D eigenvalue weighted by atomic mass is 35.5. The number of halogens is 1. The number of rotatable bonds is 3. The van der Waals surface area contributed by atoms with Crippen LogP contribution in [-0.2, 0) is 16.6 Å². The molecule has 0 unspecified atom stereocenters. The molecule has 1 aromatic rings. The van der Waals surface area contributed by atoms with E-state index in [-0.39, 0.29) is 17.7 Å². The number of carbonyl (C=O) groups excluding carboxylic acids is 2. The Morgan fingerprint density at radius 1 is 1.04 bits per heavy atom. The minimum Gasteiger partial charge on any atom is -0.342 e. The lowest BCUT2D eigenvalue weighted by atomic mass is 9.95. The van der Waals surface area contributed by atoms with Gasteiger partial charge in [-0.3, -0.25) is 14.3 Å². The van der Waals surface area contributed by atoms with Crippen LogP contribution in [0.1, 0.15) is 49.8 Å². The van der Waals surface area contributed by atoms with Crippen molar-refractivity contribution >= 4 is 29.5 Å². The molecule has 0 aromatic carbocycles. The van der Waals surface area contributed by atoms with Gasteiger partial charge in [0, 0.05) is 50.8 Å². The summed E-state index contributed by atoms with van der Waals surface area (Å²) in [6.45, 7) is 4.92. The summed E-state index contributed by atoms with van der Waals surface area (Å²) in [7, 11) is 1.78. The molecule has 3 rings (SSSR count). The third-order valence-corrected chi connectivity index (χ3v) is 6.11. The van der Waals surface area contributed by atoms with Crippen LogP contribution in [0, 0.1) is 12.8 Å². The maximum absolute atomic E-state index is 12.8. The molecule has 6 nitrogen and oxygen atoms in total. The average molecular weight is 393 g/mol. The molecule has 0 atom stereocenters. The van der Waals surface area contributed by atoms with E-state index < -0.39 is 0 Å². The number of hydrogen-bond donors (Lipinski definition) is 0. The van der Waals surface area contributed by atoms with Gasteiger partial charge in [0.25, 0.3) is 0 Å². The zero-order chi connectivity index (χ0) is 19.4. The third kappa shape index (κ3) is 4.72. The summed E-state index contributed by atoms with van der Waals surface area (Å²) < 4.78 is 1.60. The first-order chi connectivity index (χ1) is 13.0. The van der Waals surface area contributed by atoms with Crippen LogP contribution in [0.2, 0.25) is 5.15 Å². The van der Waals surface area contributed by atoms with Crippen molar-refractivity contribution in [2.75, 3.05) is 26.2 Å². The predicted molar refractivity (Wildman–Crippen MR) is 106 cm³/mol. The van der Waals surface area contributed by atoms with E-state index in [2.05, 4.69) is 5.10 Å². The van der Waals surface area contributed by atoms with E-state index >= 15 is 0 Å². The second kappa shape index (κ2) is 8.91. The van der Waals surface area contributed by atoms with Crippen molar-refractivity contribution in [1.82, 2.24) is 19.6 Å². The fraction of sp³-hybridized carbons (Fsp3) is 0.650. The number of likely N-dealkylation sites (tertiary alicyclic amines) is 2. The van der Waals surface area contributed by atoms with Gasteiger partial charge in [-0.15, -0.1) is 0 Å². The Kier molecular flexibility index (Phi) is 6.58. The highest BCUT2D eigenvalue weighted by molar-refractivity contribution is 6.31. The summed E-state index contributed by atoms with van der Waals surface area (Å²) in [5, 5.41) is 4.77. The van der Waals surface area contributed by atoms with Gasteiger partial charge in [0.1, 0.15) is 5.15 Å². The van der Waals surface area contributed by atoms with Crippen LogP contribution in [-0.4, -0.2) is 57.6 Å². The van der Waals surface area contributed by atoms with E-state index in [4.69, 9.17) is 11.6 Å². The van der Waals surface area contributed by atoms with Crippen LogP contribution in [0.5, 0.6) is 0 Å². The highest BCUT2D eigenvalue weighted by Crippen LogP contribution is 2.23. The fourth-order valence-electron chi connectivity index (χ4n) is 3.99. The molecule has 2 fully saturated rings. The van der Waals surface area contributed by atoms with Crippen molar-refractivity contribution < 1.29 is 9.59 Å². The van der Waals surface area contributed by atoms with Gasteiger partial charge in [-0.1, -0.05) is 24.4 Å². The van der Waals surface area contributed by atoms with E-state index in [1.807, 2.05) is 16.7 Å². The number of aromatic nitrogens is 2. The fourth-order valence-corrected chi connectivity index (χ4v) is 4.23. The second-order valence-corrected chi connectivity index (χ2v) is 7.94. The maximum Gasteiger partial charge on any atom is 0.246 e. The van der Waals surface area contributed by atoms with Crippen LogP contribution in [0.4, 0.5) is 0 Å². The van der Waals surface area contributed by atoms with Crippen molar-refractivity contribution in [3.63, 3.8) is 0 Å². The molecule has 0 radical (unpaired) electrons. The van der Waals surface area contributed by atoms with Crippen molar-refractivity contribution in [2.45, 2.75) is 45.4 Å². The zero-order valence-corrected chi connectivity index (χ0v) is 17.0. The summed E-state index contributed by atoms with van der Waals surface area (Å²) in [5.74, 6) is 0.318. The number of piperidine rings is 1. The summed E-state index contributed by atoms with van der Waals surface area (Å²) in [5.41, 5.74) is 1.58. The quantitative estimate of drug-likeness (QED) is 0.743. The van der Waals surface area contributed by atoms with E-state index in [0.29, 0.717) is 18.2 Å². The zero-order valence-electron chi connectivity index (χ0n) is 16.3. The lowest BCUT2D eigenvalue weighted by Crippen LogP contribution is -2.44. The van der Waals surface area contributed by atoms with Crippen molar-refractivity contribution in [3.8, 4) is 0 Å². The van der Waals surface area contributed by atoms with Gasteiger partial charge in [-0.05, 0) is 38.7 Å². The Morgan fingerprint density at radius 3 is 2.22 bits per heavy atom. The molecule has 0 N–H and O–H groups in total. The molecular formula is C20H29ClN4O2. The lowest BCUT2D eigenvalue weighted by molar-refractivity contribution is -0.139. The predicted octanol–water partition coefficient (Wildman–Crippen LogP) is 3.04. The molecule has 0 bridgehead atoms.